The average molecular weight is 322 g/mol. The molecule has 1 aromatic rings. The topological polar surface area (TPSA) is 117 Å². The fourth-order valence-corrected chi connectivity index (χ4v) is 3.43. The second-order valence-corrected chi connectivity index (χ2v) is 7.54. The summed E-state index contributed by atoms with van der Waals surface area (Å²) in [4.78, 5) is 3.87. The van der Waals surface area contributed by atoms with E-state index in [1.165, 1.54) is 18.3 Å². The lowest BCUT2D eigenvalue weighted by Crippen LogP contribution is -2.34. The number of rotatable bonds is 8. The second-order valence-electron chi connectivity index (χ2n) is 3.84. The van der Waals surface area contributed by atoms with Crippen molar-refractivity contribution in [2.24, 2.45) is 0 Å². The van der Waals surface area contributed by atoms with Crippen LogP contribution in [0.15, 0.2) is 23.2 Å². The third-order valence-electron chi connectivity index (χ3n) is 2.33. The average Bonchev–Trinajstić information content (AvgIpc) is 2.38. The van der Waals surface area contributed by atoms with Gasteiger partial charge in [0.2, 0.25) is 20.0 Å². The van der Waals surface area contributed by atoms with Crippen LogP contribution in [0.1, 0.15) is 6.92 Å². The Morgan fingerprint density at radius 3 is 2.35 bits per heavy atom. The molecule has 0 saturated carbocycles. The van der Waals surface area contributed by atoms with Crippen molar-refractivity contribution in [3.8, 4) is 0 Å². The molecule has 10 heteroatoms. The van der Waals surface area contributed by atoms with Gasteiger partial charge in [-0.25, -0.2) is 31.3 Å². The maximum Gasteiger partial charge on any atom is 0.242 e. The zero-order valence-electron chi connectivity index (χ0n) is 11.3. The van der Waals surface area contributed by atoms with Crippen molar-refractivity contribution in [3.63, 3.8) is 0 Å². The maximum atomic E-state index is 11.9. The van der Waals surface area contributed by atoms with Crippen LogP contribution in [0.5, 0.6) is 0 Å². The summed E-state index contributed by atoms with van der Waals surface area (Å²) in [7, 11) is -5.54. The summed E-state index contributed by atoms with van der Waals surface area (Å²) in [6, 6.07) is 2.91. The summed E-state index contributed by atoms with van der Waals surface area (Å²) in [5, 5.41) is 2.77. The number of aromatic nitrogens is 1. The van der Waals surface area contributed by atoms with Crippen molar-refractivity contribution in [3.05, 3.63) is 18.3 Å². The minimum Gasteiger partial charge on any atom is -0.373 e. The smallest absolute Gasteiger partial charge is 0.242 e. The van der Waals surface area contributed by atoms with Crippen molar-refractivity contribution in [2.45, 2.75) is 11.8 Å². The van der Waals surface area contributed by atoms with E-state index in [1.54, 1.807) is 14.0 Å². The molecule has 0 saturated heterocycles. The Labute approximate surface area is 119 Å². The van der Waals surface area contributed by atoms with E-state index >= 15 is 0 Å². The van der Waals surface area contributed by atoms with Crippen molar-refractivity contribution in [2.75, 3.05) is 31.2 Å². The second kappa shape index (κ2) is 6.97. The van der Waals surface area contributed by atoms with Gasteiger partial charge in [-0.15, -0.1) is 0 Å². The Morgan fingerprint density at radius 2 is 1.85 bits per heavy atom. The van der Waals surface area contributed by atoms with E-state index in [-0.39, 0.29) is 23.7 Å². The summed E-state index contributed by atoms with van der Waals surface area (Å²) in [6.45, 7) is 1.71. The van der Waals surface area contributed by atoms with Gasteiger partial charge in [0.25, 0.3) is 0 Å². The summed E-state index contributed by atoms with van der Waals surface area (Å²) >= 11 is 0. The Morgan fingerprint density at radius 1 is 1.15 bits per heavy atom. The molecule has 20 heavy (non-hydrogen) atoms. The van der Waals surface area contributed by atoms with Crippen LogP contribution in [0.2, 0.25) is 0 Å². The number of pyridine rings is 1. The molecule has 1 heterocycles. The molecule has 0 unspecified atom stereocenters. The predicted octanol–water partition coefficient (Wildman–Crippen LogP) is -0.659. The molecule has 1 rings (SSSR count). The van der Waals surface area contributed by atoms with E-state index in [0.29, 0.717) is 5.82 Å². The summed E-state index contributed by atoms with van der Waals surface area (Å²) in [6.07, 6.45) is 1.20. The van der Waals surface area contributed by atoms with Gasteiger partial charge in [0, 0.05) is 26.3 Å². The molecule has 1 aromatic heterocycles. The fraction of sp³-hybridized carbons (Fsp3) is 0.500. The molecule has 114 valence electrons. The lowest BCUT2D eigenvalue weighted by molar-refractivity contribution is 0.576. The first kappa shape index (κ1) is 16.8. The van der Waals surface area contributed by atoms with Gasteiger partial charge in [0.05, 0.1) is 5.75 Å². The summed E-state index contributed by atoms with van der Waals surface area (Å²) < 4.78 is 51.0. The van der Waals surface area contributed by atoms with Crippen LogP contribution in [-0.2, 0) is 20.0 Å². The lowest BCUT2D eigenvalue weighted by Gasteiger charge is -2.08. The maximum absolute atomic E-state index is 11.9. The van der Waals surface area contributed by atoms with Crippen LogP contribution in [-0.4, -0.2) is 47.7 Å². The normalized spacial score (nSPS) is 12.3. The lowest BCUT2D eigenvalue weighted by atomic mass is 10.5. The van der Waals surface area contributed by atoms with Gasteiger partial charge in [0.15, 0.2) is 0 Å². The Hall–Kier alpha value is -1.23. The molecule has 0 atom stereocenters. The zero-order chi connectivity index (χ0) is 15.2. The standard InChI is InChI=1S/C10H18N4O4S2/c1-3-13-19(15,16)7-6-14-20(17,18)9-4-5-10(11-2)12-8-9/h4-5,8,13-14H,3,6-7H2,1-2H3,(H,11,12). The summed E-state index contributed by atoms with van der Waals surface area (Å²) in [5.41, 5.74) is 0. The minimum atomic E-state index is -3.76. The highest BCUT2D eigenvalue weighted by Crippen LogP contribution is 2.09. The first-order valence-electron chi connectivity index (χ1n) is 5.91. The highest BCUT2D eigenvalue weighted by atomic mass is 32.2. The minimum absolute atomic E-state index is 0.0163. The third-order valence-corrected chi connectivity index (χ3v) is 5.25. The van der Waals surface area contributed by atoms with Crippen LogP contribution in [0.3, 0.4) is 0 Å². The van der Waals surface area contributed by atoms with Crippen molar-refractivity contribution in [1.82, 2.24) is 14.4 Å². The molecule has 0 aliphatic carbocycles. The fourth-order valence-electron chi connectivity index (χ4n) is 1.37. The van der Waals surface area contributed by atoms with Crippen LogP contribution in [0, 0.1) is 0 Å². The molecule has 0 amide bonds. The molecule has 0 fully saturated rings. The molecular formula is C10H18N4O4S2. The molecule has 0 aromatic carbocycles. The molecule has 0 bridgehead atoms. The van der Waals surface area contributed by atoms with Crippen LogP contribution >= 0.6 is 0 Å². The molecule has 3 N–H and O–H groups in total. The largest absolute Gasteiger partial charge is 0.373 e. The number of anilines is 1. The van der Waals surface area contributed by atoms with Gasteiger partial charge >= 0.3 is 0 Å². The molecule has 0 spiro atoms. The van der Waals surface area contributed by atoms with Crippen LogP contribution < -0.4 is 14.8 Å². The molecule has 0 radical (unpaired) electrons. The Kier molecular flexibility index (Phi) is 5.87. The molecule has 0 aliphatic rings. The van der Waals surface area contributed by atoms with E-state index < -0.39 is 20.0 Å². The van der Waals surface area contributed by atoms with Crippen molar-refractivity contribution >= 4 is 25.9 Å². The highest BCUT2D eigenvalue weighted by Gasteiger charge is 2.16. The zero-order valence-corrected chi connectivity index (χ0v) is 12.9. The number of nitrogens with zero attached hydrogens (tertiary/aromatic N) is 1. The first-order chi connectivity index (χ1) is 9.30. The Bertz CT molecular complexity index is 626. The predicted molar refractivity (Wildman–Crippen MR) is 76.4 cm³/mol. The number of sulfonamides is 2. The third kappa shape index (κ3) is 5.04. The Balaban J connectivity index is 2.66. The number of hydrogen-bond acceptors (Lipinski definition) is 6. The van der Waals surface area contributed by atoms with Crippen molar-refractivity contribution in [1.29, 1.82) is 0 Å². The quantitative estimate of drug-likeness (QED) is 0.585. The van der Waals surface area contributed by atoms with Crippen LogP contribution in [0.4, 0.5) is 5.82 Å². The molecule has 8 nitrogen and oxygen atoms in total. The molecular weight excluding hydrogens is 304 g/mol. The van der Waals surface area contributed by atoms with Gasteiger partial charge in [0.1, 0.15) is 10.7 Å². The van der Waals surface area contributed by atoms with Crippen molar-refractivity contribution < 1.29 is 16.8 Å². The van der Waals surface area contributed by atoms with E-state index in [9.17, 15) is 16.8 Å². The summed E-state index contributed by atoms with van der Waals surface area (Å²) in [5.74, 6) is 0.223. The van der Waals surface area contributed by atoms with Gasteiger partial charge in [-0.05, 0) is 12.1 Å². The monoisotopic (exact) mass is 322 g/mol. The van der Waals surface area contributed by atoms with Gasteiger partial charge in [-0.2, -0.15) is 0 Å². The number of hydrogen-bond donors (Lipinski definition) is 3. The van der Waals surface area contributed by atoms with E-state index in [1.807, 2.05) is 0 Å². The first-order valence-corrected chi connectivity index (χ1v) is 9.05. The molecule has 0 aliphatic heterocycles. The SMILES string of the molecule is CCNS(=O)(=O)CCNS(=O)(=O)c1ccc(NC)nc1. The number of nitrogens with one attached hydrogen (secondary N) is 3. The highest BCUT2D eigenvalue weighted by molar-refractivity contribution is 7.90. The van der Waals surface area contributed by atoms with E-state index in [0.717, 1.165) is 0 Å². The van der Waals surface area contributed by atoms with E-state index in [4.69, 9.17) is 0 Å². The van der Waals surface area contributed by atoms with Crippen LogP contribution in [0.25, 0.3) is 0 Å². The van der Waals surface area contributed by atoms with E-state index in [2.05, 4.69) is 19.7 Å². The van der Waals surface area contributed by atoms with Gasteiger partial charge in [-0.1, -0.05) is 6.92 Å². The van der Waals surface area contributed by atoms with Gasteiger partial charge in [-0.3, -0.25) is 0 Å². The van der Waals surface area contributed by atoms with Gasteiger partial charge < -0.3 is 5.32 Å².